The second-order valence-corrected chi connectivity index (χ2v) is 14.2. The maximum atomic E-state index is 4.77. The summed E-state index contributed by atoms with van der Waals surface area (Å²) in [6.07, 6.45) is 6.31. The predicted molar refractivity (Wildman–Crippen MR) is 215 cm³/mol. The highest BCUT2D eigenvalue weighted by Gasteiger charge is 2.33. The third-order valence-electron chi connectivity index (χ3n) is 10.2. The Labute approximate surface area is 296 Å². The van der Waals surface area contributed by atoms with E-state index in [1.807, 2.05) is 18.0 Å². The molecule has 0 saturated heterocycles. The van der Waals surface area contributed by atoms with E-state index < -0.39 is 0 Å². The molecule has 2 aliphatic rings. The van der Waals surface area contributed by atoms with Gasteiger partial charge in [-0.25, -0.2) is 0 Å². The van der Waals surface area contributed by atoms with Gasteiger partial charge in [0.1, 0.15) is 5.37 Å². The number of allylic oxidation sites excluding steroid dienone is 1. The Kier molecular flexibility index (Phi) is 6.92. The van der Waals surface area contributed by atoms with Crippen LogP contribution in [0.4, 0.5) is 17.1 Å². The molecule has 2 unspecified atom stereocenters. The van der Waals surface area contributed by atoms with Crippen LogP contribution in [0, 0.1) is 0 Å². The minimum absolute atomic E-state index is 0.229. The van der Waals surface area contributed by atoms with Crippen molar-refractivity contribution in [3.63, 3.8) is 0 Å². The molecule has 2 nitrogen and oxygen atoms in total. The number of thioether (sulfide) groups is 1. The summed E-state index contributed by atoms with van der Waals surface area (Å²) in [5.41, 5.74) is 9.67. The van der Waals surface area contributed by atoms with Gasteiger partial charge in [-0.1, -0.05) is 145 Å². The standard InChI is InChI=1S/C47H32N2S/c1-2-8-31(9-3-1)32-19-23-37(24-20-32)49(39-27-28-41-36(30-39)18-17-35-16-15-33-10-4-5-11-40(33)45(35)41)38-25-21-34(22-26-38)42-12-6-13-43-44-14-7-29-48-47(44)50-46(42)43/h1-30,44,47H. The van der Waals surface area contributed by atoms with Gasteiger partial charge in [0.25, 0.3) is 0 Å². The van der Waals surface area contributed by atoms with Gasteiger partial charge in [0.2, 0.25) is 0 Å². The fourth-order valence-electron chi connectivity index (χ4n) is 7.78. The summed E-state index contributed by atoms with van der Waals surface area (Å²) in [5.74, 6) is 0.344. The molecule has 50 heavy (non-hydrogen) atoms. The maximum absolute atomic E-state index is 4.77. The van der Waals surface area contributed by atoms with E-state index >= 15 is 0 Å². The summed E-state index contributed by atoms with van der Waals surface area (Å²) in [6, 6.07) is 59.9. The van der Waals surface area contributed by atoms with Crippen LogP contribution in [0.2, 0.25) is 0 Å². The second-order valence-electron chi connectivity index (χ2n) is 13.1. The highest BCUT2D eigenvalue weighted by Crippen LogP contribution is 2.51. The van der Waals surface area contributed by atoms with E-state index in [0.717, 1.165) is 17.1 Å². The first-order chi connectivity index (χ1) is 24.8. The maximum Gasteiger partial charge on any atom is 0.110 e. The Hall–Kier alpha value is -5.90. The first kappa shape index (κ1) is 29.1. The molecule has 8 aromatic rings. The summed E-state index contributed by atoms with van der Waals surface area (Å²) < 4.78 is 0. The van der Waals surface area contributed by atoms with Gasteiger partial charge in [0.15, 0.2) is 0 Å². The molecule has 0 fully saturated rings. The van der Waals surface area contributed by atoms with Crippen molar-refractivity contribution in [2.24, 2.45) is 4.99 Å². The Morgan fingerprint density at radius 2 is 1.16 bits per heavy atom. The van der Waals surface area contributed by atoms with E-state index in [9.17, 15) is 0 Å². The lowest BCUT2D eigenvalue weighted by atomic mass is 9.94. The largest absolute Gasteiger partial charge is 0.310 e. The van der Waals surface area contributed by atoms with Crippen LogP contribution in [0.5, 0.6) is 0 Å². The Morgan fingerprint density at radius 3 is 1.98 bits per heavy atom. The molecule has 0 N–H and O–H groups in total. The Bertz CT molecular complexity index is 2620. The predicted octanol–water partition coefficient (Wildman–Crippen LogP) is 13.1. The van der Waals surface area contributed by atoms with Crippen molar-refractivity contribution in [1.82, 2.24) is 0 Å². The quantitative estimate of drug-likeness (QED) is 0.171. The van der Waals surface area contributed by atoms with E-state index in [1.165, 1.54) is 65.0 Å². The van der Waals surface area contributed by atoms with Crippen LogP contribution in [-0.4, -0.2) is 11.6 Å². The van der Waals surface area contributed by atoms with E-state index in [2.05, 4.69) is 181 Å². The van der Waals surface area contributed by atoms with E-state index in [4.69, 9.17) is 4.99 Å². The summed E-state index contributed by atoms with van der Waals surface area (Å²) >= 11 is 1.89. The van der Waals surface area contributed by atoms with Crippen molar-refractivity contribution < 1.29 is 0 Å². The highest BCUT2D eigenvalue weighted by atomic mass is 32.2. The van der Waals surface area contributed by atoms with Gasteiger partial charge in [-0.05, 0) is 103 Å². The molecule has 0 aliphatic carbocycles. The number of aliphatic imine (C=N–C) groups is 1. The molecule has 2 heterocycles. The molecule has 0 saturated carbocycles. The average molecular weight is 657 g/mol. The second kappa shape index (κ2) is 11.9. The molecular weight excluding hydrogens is 625 g/mol. The van der Waals surface area contributed by atoms with Gasteiger partial charge < -0.3 is 4.90 Å². The van der Waals surface area contributed by atoms with Crippen LogP contribution in [0.1, 0.15) is 11.5 Å². The summed E-state index contributed by atoms with van der Waals surface area (Å²) in [6.45, 7) is 0. The SMILES string of the molecule is C1=CC2c3cccc(-c4ccc(N(c5ccc(-c6ccccc6)cc5)c5ccc6c(ccc7ccc8ccccc8c76)c5)cc4)c3SC2N=C1. The topological polar surface area (TPSA) is 15.6 Å². The molecule has 0 amide bonds. The van der Waals surface area contributed by atoms with Crippen LogP contribution < -0.4 is 4.90 Å². The lowest BCUT2D eigenvalue weighted by molar-refractivity contribution is 0.805. The summed E-state index contributed by atoms with van der Waals surface area (Å²) in [5, 5.41) is 7.86. The first-order valence-electron chi connectivity index (χ1n) is 17.2. The van der Waals surface area contributed by atoms with Gasteiger partial charge in [-0.3, -0.25) is 4.99 Å². The Balaban J connectivity index is 1.09. The molecule has 0 aromatic heterocycles. The Morgan fingerprint density at radius 1 is 0.500 bits per heavy atom. The van der Waals surface area contributed by atoms with Crippen LogP contribution in [0.25, 0.3) is 54.6 Å². The van der Waals surface area contributed by atoms with Gasteiger partial charge in [0, 0.05) is 34.1 Å². The van der Waals surface area contributed by atoms with Crippen molar-refractivity contribution in [2.75, 3.05) is 4.90 Å². The highest BCUT2D eigenvalue weighted by molar-refractivity contribution is 8.00. The van der Waals surface area contributed by atoms with E-state index in [1.54, 1.807) is 0 Å². The molecular formula is C47H32N2S. The zero-order valence-electron chi connectivity index (χ0n) is 27.3. The van der Waals surface area contributed by atoms with Crippen LogP contribution in [-0.2, 0) is 0 Å². The third-order valence-corrected chi connectivity index (χ3v) is 11.6. The van der Waals surface area contributed by atoms with Crippen molar-refractivity contribution >= 4 is 67.4 Å². The molecule has 0 spiro atoms. The van der Waals surface area contributed by atoms with Gasteiger partial charge >= 0.3 is 0 Å². The van der Waals surface area contributed by atoms with E-state index in [0.29, 0.717) is 5.92 Å². The smallest absolute Gasteiger partial charge is 0.110 e. The lowest BCUT2D eigenvalue weighted by Gasteiger charge is -2.26. The summed E-state index contributed by atoms with van der Waals surface area (Å²) in [4.78, 5) is 8.50. The number of nitrogens with zero attached hydrogens (tertiary/aromatic N) is 2. The number of rotatable bonds is 5. The number of benzene rings is 8. The zero-order valence-corrected chi connectivity index (χ0v) is 28.1. The van der Waals surface area contributed by atoms with Crippen LogP contribution in [0.3, 0.4) is 0 Å². The third kappa shape index (κ3) is 4.85. The molecule has 10 rings (SSSR count). The normalized spacial score (nSPS) is 16.2. The number of hydrogen-bond donors (Lipinski definition) is 0. The first-order valence-corrected chi connectivity index (χ1v) is 18.1. The molecule has 2 aliphatic heterocycles. The fraction of sp³-hybridized carbons (Fsp3) is 0.0426. The number of hydrogen-bond acceptors (Lipinski definition) is 3. The molecule has 0 radical (unpaired) electrons. The molecule has 0 bridgehead atoms. The van der Waals surface area contributed by atoms with Crippen molar-refractivity contribution in [3.05, 3.63) is 182 Å². The summed E-state index contributed by atoms with van der Waals surface area (Å²) in [7, 11) is 0. The number of dihydropyridines is 1. The average Bonchev–Trinajstić information content (AvgIpc) is 3.58. The minimum Gasteiger partial charge on any atom is -0.310 e. The zero-order chi connectivity index (χ0) is 33.0. The monoisotopic (exact) mass is 656 g/mol. The molecule has 3 heteroatoms. The number of anilines is 3. The van der Waals surface area contributed by atoms with Crippen molar-refractivity contribution in [2.45, 2.75) is 16.2 Å². The molecule has 236 valence electrons. The van der Waals surface area contributed by atoms with Gasteiger partial charge in [0.05, 0.1) is 0 Å². The van der Waals surface area contributed by atoms with Crippen LogP contribution in [0.15, 0.2) is 186 Å². The van der Waals surface area contributed by atoms with Gasteiger partial charge in [-0.15, -0.1) is 0 Å². The fourth-order valence-corrected chi connectivity index (χ4v) is 9.19. The molecule has 8 aromatic carbocycles. The van der Waals surface area contributed by atoms with Gasteiger partial charge in [-0.2, -0.15) is 0 Å². The van der Waals surface area contributed by atoms with E-state index in [-0.39, 0.29) is 5.37 Å². The lowest BCUT2D eigenvalue weighted by Crippen LogP contribution is -2.10. The van der Waals surface area contributed by atoms with Crippen LogP contribution >= 0.6 is 11.8 Å². The van der Waals surface area contributed by atoms with Crippen molar-refractivity contribution in [1.29, 1.82) is 0 Å². The minimum atomic E-state index is 0.229. The van der Waals surface area contributed by atoms with Crippen molar-refractivity contribution in [3.8, 4) is 22.3 Å². The number of fused-ring (bicyclic) bond motifs is 8. The molecule has 2 atom stereocenters.